The maximum absolute atomic E-state index is 14.7. The summed E-state index contributed by atoms with van der Waals surface area (Å²) in [6, 6.07) is 22.6. The summed E-state index contributed by atoms with van der Waals surface area (Å²) in [5.41, 5.74) is 2.71. The van der Waals surface area contributed by atoms with Crippen LogP contribution in [0.15, 0.2) is 91.3 Å². The fourth-order valence-corrected chi connectivity index (χ4v) is 12.3. The van der Waals surface area contributed by atoms with Gasteiger partial charge in [0.2, 0.25) is 0 Å². The van der Waals surface area contributed by atoms with E-state index in [1.54, 1.807) is 13.3 Å². The van der Waals surface area contributed by atoms with Crippen LogP contribution in [0.3, 0.4) is 0 Å². The van der Waals surface area contributed by atoms with E-state index in [0.717, 1.165) is 60.3 Å². The smallest absolute Gasteiger partial charge is 0.471 e. The predicted molar refractivity (Wildman–Crippen MR) is 265 cm³/mol. The Bertz CT molecular complexity index is 2800. The second kappa shape index (κ2) is 20.1. The molecule has 0 bridgehead atoms. The number of alkyl halides is 3. The number of carbonyl (C=O) groups excluding carboxylic acids is 3. The van der Waals surface area contributed by atoms with Gasteiger partial charge in [-0.05, 0) is 154 Å². The van der Waals surface area contributed by atoms with Gasteiger partial charge in [0, 0.05) is 65.6 Å². The highest BCUT2D eigenvalue weighted by Crippen LogP contribution is 2.58. The molecule has 3 aromatic carbocycles. The Morgan fingerprint density at radius 1 is 0.915 bits per heavy atom. The molecule has 0 N–H and O–H groups in total. The Balaban J connectivity index is 1.01. The number of amides is 2. The fraction of sp³-hybridized carbons (Fsp3) is 0.455. The Morgan fingerprint density at radius 2 is 1.69 bits per heavy atom. The zero-order valence-corrected chi connectivity index (χ0v) is 41.6. The van der Waals surface area contributed by atoms with Crippen LogP contribution in [-0.2, 0) is 32.6 Å². The van der Waals surface area contributed by atoms with Gasteiger partial charge in [0.15, 0.2) is 5.82 Å². The molecular weight excluding hydrogens is 933 g/mol. The molecule has 1 aliphatic heterocycles. The summed E-state index contributed by atoms with van der Waals surface area (Å²) < 4.78 is 61.4. The van der Waals surface area contributed by atoms with E-state index >= 15 is 0 Å². The maximum atomic E-state index is 14.7. The van der Waals surface area contributed by atoms with E-state index in [2.05, 4.69) is 28.7 Å². The van der Waals surface area contributed by atoms with Gasteiger partial charge in [-0.1, -0.05) is 49.7 Å². The van der Waals surface area contributed by atoms with E-state index in [0.29, 0.717) is 67.0 Å². The van der Waals surface area contributed by atoms with Crippen molar-refractivity contribution in [3.63, 3.8) is 0 Å². The minimum Gasteiger partial charge on any atom is -0.496 e. The molecule has 2 amide bonds. The van der Waals surface area contributed by atoms with Gasteiger partial charge in [0.25, 0.3) is 5.91 Å². The van der Waals surface area contributed by atoms with Crippen LogP contribution in [0.5, 0.6) is 11.5 Å². The van der Waals surface area contributed by atoms with Crippen molar-refractivity contribution >= 4 is 40.9 Å². The predicted octanol–water partition coefficient (Wildman–Crippen LogP) is 10.6. The molecule has 3 aliphatic carbocycles. The third kappa shape index (κ3) is 9.54. The minimum absolute atomic E-state index is 0.0311. The van der Waals surface area contributed by atoms with Crippen molar-refractivity contribution in [2.45, 2.75) is 108 Å². The van der Waals surface area contributed by atoms with Crippen LogP contribution < -0.4 is 19.3 Å². The van der Waals surface area contributed by atoms with Crippen LogP contribution in [0.1, 0.15) is 104 Å². The van der Waals surface area contributed by atoms with Gasteiger partial charge in [0.05, 0.1) is 26.4 Å². The number of anilines is 2. The fourth-order valence-electron chi connectivity index (χ4n) is 12.1. The van der Waals surface area contributed by atoms with Crippen LogP contribution >= 0.6 is 11.6 Å². The summed E-state index contributed by atoms with van der Waals surface area (Å²) in [5.74, 6) is -0.0995. The number of esters is 1. The molecule has 0 radical (unpaired) electrons. The van der Waals surface area contributed by atoms with Gasteiger partial charge in [-0.2, -0.15) is 13.2 Å². The number of carbonyl (C=O) groups is 3. The second-order valence-corrected chi connectivity index (χ2v) is 20.4. The van der Waals surface area contributed by atoms with Gasteiger partial charge in [0.1, 0.15) is 22.9 Å². The number of halogens is 4. The van der Waals surface area contributed by atoms with E-state index in [1.807, 2.05) is 72.6 Å². The number of benzene rings is 3. The topological polar surface area (TPSA) is 127 Å². The van der Waals surface area contributed by atoms with Crippen LogP contribution in [0.4, 0.5) is 24.7 Å². The summed E-state index contributed by atoms with van der Waals surface area (Å²) in [6.45, 7) is 8.31. The van der Waals surface area contributed by atoms with E-state index in [1.165, 1.54) is 29.8 Å². The number of rotatable bonds is 12. The molecular formula is C55H60ClF3N6O6. The zero-order chi connectivity index (χ0) is 50.2. The summed E-state index contributed by atoms with van der Waals surface area (Å²) in [6.07, 6.45) is 2.88. The molecule has 4 atom stereocenters. The van der Waals surface area contributed by atoms with Crippen LogP contribution in [0.2, 0.25) is 5.02 Å². The first-order chi connectivity index (χ1) is 34.1. The lowest BCUT2D eigenvalue weighted by Crippen LogP contribution is -2.63. The van der Waals surface area contributed by atoms with Crippen molar-refractivity contribution in [1.82, 2.24) is 19.9 Å². The number of methoxy groups -OCH3 is 2. The average Bonchev–Trinajstić information content (AvgIpc) is 3.66. The number of hydrogen-bond acceptors (Lipinski definition) is 10. The molecule has 1 saturated heterocycles. The summed E-state index contributed by atoms with van der Waals surface area (Å²) in [4.78, 5) is 61.1. The lowest BCUT2D eigenvalue weighted by atomic mass is 9.59. The molecule has 1 saturated carbocycles. The van der Waals surface area contributed by atoms with Gasteiger partial charge in [-0.25, -0.2) is 14.8 Å². The largest absolute Gasteiger partial charge is 0.496 e. The SMILES string of the molecule is COC(=O)C1(N(C(=O)C(F)(F)F)c2cccc(Cl)c2)CCC2(CC1)c1cc(C(=O)N3CCN(c4ccnc(-c5ccccc5OC)n4)C[C@@H]3C)ccc1C[C@@H]2C[C@@H](C)COc1ccnc2c1[C@H](C)CCC2. The molecule has 4 aliphatic rings. The Kier molecular flexibility index (Phi) is 14.1. The van der Waals surface area contributed by atoms with Crippen molar-refractivity contribution in [2.24, 2.45) is 11.8 Å². The quantitative estimate of drug-likeness (QED) is 0.112. The van der Waals surface area contributed by atoms with Crippen LogP contribution in [0.25, 0.3) is 11.4 Å². The van der Waals surface area contributed by atoms with Gasteiger partial charge >= 0.3 is 18.1 Å². The van der Waals surface area contributed by atoms with E-state index in [4.69, 9.17) is 30.8 Å². The average molecular weight is 994 g/mol. The summed E-state index contributed by atoms with van der Waals surface area (Å²) in [5, 5.41) is 0.109. The summed E-state index contributed by atoms with van der Waals surface area (Å²) >= 11 is 6.32. The number of para-hydroxylation sites is 1. The highest BCUT2D eigenvalue weighted by atomic mass is 35.5. The van der Waals surface area contributed by atoms with Gasteiger partial charge in [-0.15, -0.1) is 0 Å². The van der Waals surface area contributed by atoms with Crippen molar-refractivity contribution in [2.75, 3.05) is 50.3 Å². The molecule has 2 fully saturated rings. The van der Waals surface area contributed by atoms with E-state index < -0.39 is 29.0 Å². The van der Waals surface area contributed by atoms with Crippen molar-refractivity contribution in [3.05, 3.63) is 124 Å². The molecule has 71 heavy (non-hydrogen) atoms. The number of hydrogen-bond donors (Lipinski definition) is 0. The zero-order valence-electron chi connectivity index (χ0n) is 40.8. The minimum atomic E-state index is -5.31. The van der Waals surface area contributed by atoms with Crippen LogP contribution in [-0.4, -0.2) is 95.9 Å². The van der Waals surface area contributed by atoms with Gasteiger partial charge in [-0.3, -0.25) is 19.5 Å². The molecule has 16 heteroatoms. The second-order valence-electron chi connectivity index (χ2n) is 19.9. The molecule has 5 aromatic rings. The standard InChI is InChI=1S/C55H60ClF3N6O6/c1-34(33-71-46-18-24-60-44-14-8-10-35(2)48(44)46)28-39-29-37-16-17-38(50(66)64-27-26-63(32-36(64)3)47-19-25-61-49(62-47)42-13-6-7-15-45(42)69-4)30-43(37)53(39)20-22-54(23-21-53,52(68)70-5)65(51(67)55(57,58)59)41-12-9-11-40(56)31-41/h6-7,9,11-13,15-19,24-25,30-31,34-36,39H,8,10,14,20-23,26-29,32-33H2,1-5H3/t34-,35-,36+,39+,53?,54?/m1/s1. The van der Waals surface area contributed by atoms with Crippen molar-refractivity contribution < 1.29 is 41.8 Å². The molecule has 12 nitrogen and oxygen atoms in total. The highest BCUT2D eigenvalue weighted by molar-refractivity contribution is 6.31. The molecule has 9 rings (SSSR count). The normalized spacial score (nSPS) is 23.4. The Labute approximate surface area is 417 Å². The molecule has 3 heterocycles. The third-order valence-electron chi connectivity index (χ3n) is 15.6. The first kappa shape index (κ1) is 49.7. The molecule has 1 spiro atoms. The number of piperazine rings is 1. The van der Waals surface area contributed by atoms with E-state index in [-0.39, 0.29) is 60.2 Å². The first-order valence-electron chi connectivity index (χ1n) is 24.6. The number of aryl methyl sites for hydroxylation is 1. The lowest BCUT2D eigenvalue weighted by Gasteiger charge is -2.51. The number of ether oxygens (including phenoxy) is 3. The molecule has 374 valence electrons. The third-order valence-corrected chi connectivity index (χ3v) is 15.8. The first-order valence-corrected chi connectivity index (χ1v) is 25.0. The molecule has 0 unspecified atom stereocenters. The monoisotopic (exact) mass is 992 g/mol. The number of pyridine rings is 1. The number of nitrogens with zero attached hydrogens (tertiary/aromatic N) is 6. The number of fused-ring (bicyclic) bond motifs is 3. The molecule has 2 aromatic heterocycles. The van der Waals surface area contributed by atoms with E-state index in [9.17, 15) is 27.6 Å². The van der Waals surface area contributed by atoms with Crippen molar-refractivity contribution in [1.29, 1.82) is 0 Å². The summed E-state index contributed by atoms with van der Waals surface area (Å²) in [7, 11) is 2.74. The maximum Gasteiger partial charge on any atom is 0.471 e. The van der Waals surface area contributed by atoms with Crippen molar-refractivity contribution in [3.8, 4) is 22.9 Å². The number of aromatic nitrogens is 3. The van der Waals surface area contributed by atoms with Crippen LogP contribution in [0, 0.1) is 11.8 Å². The highest BCUT2D eigenvalue weighted by Gasteiger charge is 2.60. The Hall–Kier alpha value is -6.22. The lowest BCUT2D eigenvalue weighted by molar-refractivity contribution is -0.174. The van der Waals surface area contributed by atoms with Gasteiger partial charge < -0.3 is 24.0 Å². The Morgan fingerprint density at radius 3 is 2.42 bits per heavy atom.